The number of ether oxygens (including phenoxy) is 3. The number of esters is 3. The molecule has 0 aliphatic heterocycles. The van der Waals surface area contributed by atoms with Crippen molar-refractivity contribution < 1.29 is 33.7 Å². The summed E-state index contributed by atoms with van der Waals surface area (Å²) in [6.07, 6.45) is 15.1. The molecule has 10 heteroatoms. The van der Waals surface area contributed by atoms with Crippen LogP contribution < -0.4 is 0 Å². The zero-order valence-electron chi connectivity index (χ0n) is 41.7. The minimum atomic E-state index is -0.821. The highest BCUT2D eigenvalue weighted by molar-refractivity contribution is 5.84. The molecular formula is C54H85N3O7. The molecule has 2 aromatic carbocycles. The Kier molecular flexibility index (Phi) is 22.0. The highest BCUT2D eigenvalue weighted by Crippen LogP contribution is 2.63. The van der Waals surface area contributed by atoms with Crippen molar-refractivity contribution in [1.29, 1.82) is 0 Å². The SMILES string of the molecule is C=CCC(CCC)(CC(C)C(=O)OCCCc1ccc(O)c(-n2nc3ccccc3n2)c1)C(CCC)(CCCC)C(C(=O)OC(C)C)C(C(=O)OC(C)C)C(C)(C)CCCCCCC. The van der Waals surface area contributed by atoms with E-state index in [1.54, 1.807) is 6.07 Å². The average molecular weight is 888 g/mol. The van der Waals surface area contributed by atoms with E-state index in [2.05, 4.69) is 58.3 Å². The molecule has 0 radical (unpaired) electrons. The quantitative estimate of drug-likeness (QED) is 0.0290. The summed E-state index contributed by atoms with van der Waals surface area (Å²) in [6, 6.07) is 12.9. The van der Waals surface area contributed by atoms with Gasteiger partial charge in [-0.25, -0.2) is 0 Å². The first-order valence-corrected chi connectivity index (χ1v) is 24.8. The number of hydrogen-bond donors (Lipinski definition) is 1. The van der Waals surface area contributed by atoms with Crippen LogP contribution in [0.1, 0.15) is 184 Å². The molecule has 0 bridgehead atoms. The molecule has 5 unspecified atom stereocenters. The van der Waals surface area contributed by atoms with Crippen molar-refractivity contribution in [3.8, 4) is 11.4 Å². The third kappa shape index (κ3) is 14.4. The smallest absolute Gasteiger partial charge is 0.310 e. The van der Waals surface area contributed by atoms with Gasteiger partial charge in [0.25, 0.3) is 0 Å². The summed E-state index contributed by atoms with van der Waals surface area (Å²) in [5.41, 5.74) is 0.973. The Morgan fingerprint density at radius 1 is 0.719 bits per heavy atom. The Balaban J connectivity index is 2.06. The van der Waals surface area contributed by atoms with Crippen LogP contribution in [-0.2, 0) is 35.0 Å². The number of nitrogens with zero attached hydrogens (tertiary/aromatic N) is 3. The number of carbonyl (C=O) groups is 3. The van der Waals surface area contributed by atoms with Crippen LogP contribution in [0.25, 0.3) is 16.7 Å². The number of aromatic hydroxyl groups is 1. The van der Waals surface area contributed by atoms with Crippen molar-refractivity contribution in [1.82, 2.24) is 15.0 Å². The minimum absolute atomic E-state index is 0.0753. The molecule has 1 heterocycles. The second-order valence-electron chi connectivity index (χ2n) is 19.8. The fraction of sp³-hybridized carbons (Fsp3) is 0.685. The molecule has 3 aromatic rings. The summed E-state index contributed by atoms with van der Waals surface area (Å²) in [4.78, 5) is 45.9. The van der Waals surface area contributed by atoms with E-state index >= 15 is 4.79 Å². The van der Waals surface area contributed by atoms with Gasteiger partial charge in [0.2, 0.25) is 0 Å². The highest BCUT2D eigenvalue weighted by atomic mass is 16.6. The lowest BCUT2D eigenvalue weighted by atomic mass is 9.45. The molecule has 0 aliphatic rings. The topological polar surface area (TPSA) is 130 Å². The predicted molar refractivity (Wildman–Crippen MR) is 259 cm³/mol. The zero-order valence-corrected chi connectivity index (χ0v) is 41.7. The van der Waals surface area contributed by atoms with E-state index in [9.17, 15) is 14.7 Å². The number of hydrogen-bond acceptors (Lipinski definition) is 9. The molecule has 0 aliphatic carbocycles. The number of phenolic OH excluding ortho intramolecular Hbond substituents is 1. The van der Waals surface area contributed by atoms with Gasteiger partial charge in [-0.2, -0.15) is 0 Å². The third-order valence-electron chi connectivity index (χ3n) is 13.4. The third-order valence-corrected chi connectivity index (χ3v) is 13.4. The summed E-state index contributed by atoms with van der Waals surface area (Å²) in [5, 5.41) is 19.8. The summed E-state index contributed by atoms with van der Waals surface area (Å²) in [7, 11) is 0. The first-order chi connectivity index (χ1) is 30.5. The maximum atomic E-state index is 15.3. The fourth-order valence-corrected chi connectivity index (χ4v) is 10.6. The van der Waals surface area contributed by atoms with Crippen LogP contribution in [0.15, 0.2) is 55.1 Å². The van der Waals surface area contributed by atoms with Crippen molar-refractivity contribution in [3.63, 3.8) is 0 Å². The lowest BCUT2D eigenvalue weighted by Crippen LogP contribution is -2.57. The Morgan fingerprint density at radius 2 is 1.31 bits per heavy atom. The van der Waals surface area contributed by atoms with Gasteiger partial charge in [0.1, 0.15) is 22.5 Å². The Morgan fingerprint density at radius 3 is 1.88 bits per heavy atom. The predicted octanol–water partition coefficient (Wildman–Crippen LogP) is 13.5. The normalized spacial score (nSPS) is 15.3. The molecule has 0 spiro atoms. The molecule has 64 heavy (non-hydrogen) atoms. The van der Waals surface area contributed by atoms with Crippen LogP contribution in [0.4, 0.5) is 0 Å². The average Bonchev–Trinajstić information content (AvgIpc) is 3.67. The number of aryl methyl sites for hydroxylation is 1. The molecule has 1 aromatic heterocycles. The lowest BCUT2D eigenvalue weighted by Gasteiger charge is -2.58. The number of phenols is 1. The van der Waals surface area contributed by atoms with E-state index in [1.165, 1.54) is 11.2 Å². The second kappa shape index (κ2) is 26.1. The minimum Gasteiger partial charge on any atom is -0.506 e. The zero-order chi connectivity index (χ0) is 47.5. The van der Waals surface area contributed by atoms with E-state index in [0.29, 0.717) is 44.2 Å². The molecule has 0 saturated carbocycles. The Labute approximate surface area is 386 Å². The monoisotopic (exact) mass is 888 g/mol. The Hall–Kier alpha value is -4.21. The van der Waals surface area contributed by atoms with Gasteiger partial charge in [0.05, 0.1) is 36.6 Å². The van der Waals surface area contributed by atoms with E-state index < -0.39 is 34.0 Å². The van der Waals surface area contributed by atoms with Crippen LogP contribution in [0.3, 0.4) is 0 Å². The van der Waals surface area contributed by atoms with Crippen molar-refractivity contribution in [2.45, 2.75) is 198 Å². The van der Waals surface area contributed by atoms with Gasteiger partial charge < -0.3 is 19.3 Å². The van der Waals surface area contributed by atoms with Gasteiger partial charge in [-0.3, -0.25) is 14.4 Å². The summed E-state index contributed by atoms with van der Waals surface area (Å²) >= 11 is 0. The number of rotatable bonds is 31. The largest absolute Gasteiger partial charge is 0.506 e. The molecule has 0 saturated heterocycles. The number of carbonyl (C=O) groups excluding carboxylic acids is 3. The first-order valence-electron chi connectivity index (χ1n) is 24.8. The maximum absolute atomic E-state index is 15.3. The van der Waals surface area contributed by atoms with Crippen molar-refractivity contribution in [2.75, 3.05) is 6.61 Å². The molecular weight excluding hydrogens is 803 g/mol. The van der Waals surface area contributed by atoms with Gasteiger partial charge in [-0.05, 0) is 125 Å². The molecule has 5 atom stereocenters. The lowest BCUT2D eigenvalue weighted by molar-refractivity contribution is -0.191. The molecule has 358 valence electrons. The van der Waals surface area contributed by atoms with Crippen molar-refractivity contribution in [2.24, 2.45) is 34.0 Å². The molecule has 0 fully saturated rings. The van der Waals surface area contributed by atoms with Crippen molar-refractivity contribution >= 4 is 28.9 Å². The van der Waals surface area contributed by atoms with Crippen LogP contribution in [-0.4, -0.2) is 56.8 Å². The highest BCUT2D eigenvalue weighted by Gasteiger charge is 2.62. The van der Waals surface area contributed by atoms with Crippen molar-refractivity contribution in [3.05, 3.63) is 60.7 Å². The summed E-state index contributed by atoms with van der Waals surface area (Å²) < 4.78 is 18.6. The van der Waals surface area contributed by atoms with E-state index in [1.807, 2.05) is 77.1 Å². The van der Waals surface area contributed by atoms with E-state index in [-0.39, 0.29) is 42.5 Å². The number of fused-ring (bicyclic) bond motifs is 1. The van der Waals surface area contributed by atoms with E-state index in [0.717, 1.165) is 80.8 Å². The summed E-state index contributed by atoms with van der Waals surface area (Å²) in [5.74, 6) is -3.00. The molecule has 0 amide bonds. The summed E-state index contributed by atoms with van der Waals surface area (Å²) in [6.45, 7) is 27.0. The fourth-order valence-electron chi connectivity index (χ4n) is 10.6. The van der Waals surface area contributed by atoms with Gasteiger partial charge in [0.15, 0.2) is 0 Å². The first kappa shape index (κ1) is 54.1. The maximum Gasteiger partial charge on any atom is 0.310 e. The van der Waals surface area contributed by atoms with E-state index in [4.69, 9.17) is 14.2 Å². The van der Waals surface area contributed by atoms with Gasteiger partial charge in [0, 0.05) is 0 Å². The van der Waals surface area contributed by atoms with Crippen LogP contribution in [0.5, 0.6) is 5.75 Å². The number of unbranched alkanes of at least 4 members (excludes halogenated alkanes) is 5. The van der Waals surface area contributed by atoms with Crippen LogP contribution >= 0.6 is 0 Å². The van der Waals surface area contributed by atoms with Crippen LogP contribution in [0, 0.1) is 34.0 Å². The molecule has 10 nitrogen and oxygen atoms in total. The Bertz CT molecular complexity index is 1870. The molecule has 3 rings (SSSR count). The second-order valence-corrected chi connectivity index (χ2v) is 19.8. The van der Waals surface area contributed by atoms with Gasteiger partial charge >= 0.3 is 17.9 Å². The van der Waals surface area contributed by atoms with Crippen LogP contribution in [0.2, 0.25) is 0 Å². The van der Waals surface area contributed by atoms with Gasteiger partial charge in [-0.1, -0.05) is 131 Å². The number of benzene rings is 2. The number of aromatic nitrogens is 3. The number of allylic oxidation sites excluding steroid dienone is 1. The van der Waals surface area contributed by atoms with Gasteiger partial charge in [-0.15, -0.1) is 21.6 Å². The standard InChI is InChI=1S/C54H85N3O7/c1-13-18-20-21-24-34-52(11,12)47(50(60)63-39(6)7)48(51(61)64-40(8)9)54(33-17-5,35-19-14-2)53(31-15-3,32-16-4)38-41(10)49(59)62-36-25-26-42-29-30-46(58)45(37-42)57-55-43-27-22-23-28-44(43)56-57/h15,22-23,27-30,37,39-41,47-48,58H,3,13-14,16-21,24-26,31-36,38H2,1-2,4-12H3. The molecule has 1 N–H and O–H groups in total.